The van der Waals surface area contributed by atoms with Crippen molar-refractivity contribution in [3.05, 3.63) is 35.7 Å². The fourth-order valence-electron chi connectivity index (χ4n) is 2.44. The average molecular weight is 414 g/mol. The zero-order valence-electron chi connectivity index (χ0n) is 16.0. The molecule has 2 N–H and O–H groups in total. The second-order valence-electron chi connectivity index (χ2n) is 6.77. The van der Waals surface area contributed by atoms with E-state index in [0.717, 1.165) is 24.3 Å². The Morgan fingerprint density at radius 3 is 2.41 bits per heavy atom. The molecule has 1 aromatic heterocycles. The lowest BCUT2D eigenvalue weighted by atomic mass is 10.1. The van der Waals surface area contributed by atoms with E-state index >= 15 is 0 Å². The average Bonchev–Trinajstić information content (AvgIpc) is 3.12. The molecule has 1 heterocycles. The van der Waals surface area contributed by atoms with Crippen molar-refractivity contribution in [1.82, 2.24) is 25.5 Å². The van der Waals surface area contributed by atoms with Crippen LogP contribution in [0.15, 0.2) is 24.3 Å². The minimum Gasteiger partial charge on any atom is -0.436 e. The van der Waals surface area contributed by atoms with Gasteiger partial charge in [0, 0.05) is 12.7 Å². The smallest absolute Gasteiger partial charge is 0.416 e. The highest BCUT2D eigenvalue weighted by molar-refractivity contribution is 5.88. The molecule has 0 fully saturated rings. The van der Waals surface area contributed by atoms with Crippen molar-refractivity contribution in [3.8, 4) is 0 Å². The molecule has 12 heteroatoms. The molecule has 2 amide bonds. The highest BCUT2D eigenvalue weighted by atomic mass is 19.4. The zero-order chi connectivity index (χ0) is 21.6. The first kappa shape index (κ1) is 22.1. The Kier molecular flexibility index (Phi) is 7.13. The number of ether oxygens (including phenoxy) is 1. The normalized spacial score (nSPS) is 12.5. The van der Waals surface area contributed by atoms with Crippen LogP contribution in [0.3, 0.4) is 0 Å². The molecule has 0 aliphatic carbocycles. The quantitative estimate of drug-likeness (QED) is 0.720. The van der Waals surface area contributed by atoms with E-state index in [9.17, 15) is 22.8 Å². The summed E-state index contributed by atoms with van der Waals surface area (Å²) in [7, 11) is 1.51. The van der Waals surface area contributed by atoms with E-state index in [-0.39, 0.29) is 24.6 Å². The summed E-state index contributed by atoms with van der Waals surface area (Å²) in [4.78, 5) is 26.1. The Labute approximate surface area is 164 Å². The van der Waals surface area contributed by atoms with Gasteiger partial charge in [-0.05, 0) is 47.0 Å². The number of tetrazole rings is 1. The van der Waals surface area contributed by atoms with E-state index in [1.807, 2.05) is 13.8 Å². The molecule has 0 spiro atoms. The van der Waals surface area contributed by atoms with Gasteiger partial charge in [0.1, 0.15) is 0 Å². The maximum absolute atomic E-state index is 12.7. The molecule has 1 atom stereocenters. The molecule has 0 radical (unpaired) electrons. The number of carbonyl (C=O) groups is 2. The molecule has 0 aliphatic rings. The second kappa shape index (κ2) is 9.34. The van der Waals surface area contributed by atoms with Crippen molar-refractivity contribution >= 4 is 17.7 Å². The number of amides is 2. The van der Waals surface area contributed by atoms with Crippen molar-refractivity contribution in [2.45, 2.75) is 39.1 Å². The highest BCUT2D eigenvalue weighted by Crippen LogP contribution is 2.29. The third kappa shape index (κ3) is 6.73. The molecular weight excluding hydrogens is 393 g/mol. The highest BCUT2D eigenvalue weighted by Gasteiger charge is 2.30. The number of carbonyl (C=O) groups excluding carboxylic acids is 2. The molecule has 0 saturated carbocycles. The molecule has 29 heavy (non-hydrogen) atoms. The van der Waals surface area contributed by atoms with Gasteiger partial charge >= 0.3 is 12.3 Å². The van der Waals surface area contributed by atoms with Crippen molar-refractivity contribution in [1.29, 1.82) is 0 Å². The first-order valence-corrected chi connectivity index (χ1v) is 8.68. The largest absolute Gasteiger partial charge is 0.436 e. The molecule has 9 nitrogen and oxygen atoms in total. The minimum absolute atomic E-state index is 0.0446. The first-order chi connectivity index (χ1) is 13.6. The monoisotopic (exact) mass is 414 g/mol. The molecule has 0 saturated heterocycles. The Morgan fingerprint density at radius 2 is 1.90 bits per heavy atom. The summed E-state index contributed by atoms with van der Waals surface area (Å²) >= 11 is 0. The number of benzene rings is 1. The number of likely N-dealkylation sites (N-methyl/N-ethyl adjacent to an activating group) is 1. The van der Waals surface area contributed by atoms with Crippen LogP contribution in [0.4, 0.5) is 23.7 Å². The van der Waals surface area contributed by atoms with Crippen LogP contribution >= 0.6 is 0 Å². The predicted molar refractivity (Wildman–Crippen MR) is 95.4 cm³/mol. The van der Waals surface area contributed by atoms with E-state index in [2.05, 4.69) is 25.9 Å². The van der Waals surface area contributed by atoms with Crippen molar-refractivity contribution < 1.29 is 27.5 Å². The lowest BCUT2D eigenvalue weighted by molar-refractivity contribution is -0.140. The number of anilines is 1. The number of hydrogen-bond donors (Lipinski definition) is 2. The van der Waals surface area contributed by atoms with Gasteiger partial charge in [0.25, 0.3) is 5.91 Å². The number of aromatic nitrogens is 4. The number of alkyl halides is 3. The maximum atomic E-state index is 12.7. The molecule has 158 valence electrons. The number of H-pyrrole nitrogens is 1. The van der Waals surface area contributed by atoms with Gasteiger partial charge in [0.15, 0.2) is 11.9 Å². The first-order valence-electron chi connectivity index (χ1n) is 8.68. The Hall–Kier alpha value is -3.18. The molecule has 1 aromatic carbocycles. The Morgan fingerprint density at radius 1 is 1.24 bits per heavy atom. The predicted octanol–water partition coefficient (Wildman–Crippen LogP) is 2.84. The maximum Gasteiger partial charge on any atom is 0.416 e. The van der Waals surface area contributed by atoms with Gasteiger partial charge < -0.3 is 9.64 Å². The van der Waals surface area contributed by atoms with E-state index in [0.29, 0.717) is 5.82 Å². The number of hydrogen-bond acceptors (Lipinski definition) is 6. The van der Waals surface area contributed by atoms with E-state index in [1.165, 1.54) is 11.9 Å². The van der Waals surface area contributed by atoms with Gasteiger partial charge in [0.2, 0.25) is 0 Å². The lowest BCUT2D eigenvalue weighted by Gasteiger charge is -2.24. The summed E-state index contributed by atoms with van der Waals surface area (Å²) in [6.07, 6.45) is -6.24. The standard InChI is InChI=1S/C17H21F3N6O3/c1-10(2)8-13(15(27)26(3)9-14-22-24-25-23-14)29-16(28)21-12-6-4-11(5-7-12)17(18,19)20/h4-7,10,13H,8-9H2,1-3H3,(H,21,28)(H,22,23,24,25). The van der Waals surface area contributed by atoms with Crippen molar-refractivity contribution in [2.24, 2.45) is 5.92 Å². The molecule has 0 aliphatic heterocycles. The van der Waals surface area contributed by atoms with Gasteiger partial charge in [-0.2, -0.15) is 13.2 Å². The van der Waals surface area contributed by atoms with Crippen LogP contribution in [0.1, 0.15) is 31.7 Å². The van der Waals surface area contributed by atoms with Crippen molar-refractivity contribution in [3.63, 3.8) is 0 Å². The number of nitrogens with one attached hydrogen (secondary N) is 2. The van der Waals surface area contributed by atoms with Crippen LogP contribution in [0.5, 0.6) is 0 Å². The van der Waals surface area contributed by atoms with E-state index < -0.39 is 29.8 Å². The van der Waals surface area contributed by atoms with Gasteiger partial charge in [-0.25, -0.2) is 9.89 Å². The summed E-state index contributed by atoms with van der Waals surface area (Å²) < 4.78 is 43.1. The van der Waals surface area contributed by atoms with Crippen LogP contribution < -0.4 is 5.32 Å². The fourth-order valence-corrected chi connectivity index (χ4v) is 2.44. The number of aromatic amines is 1. The third-order valence-corrected chi connectivity index (χ3v) is 3.82. The van der Waals surface area contributed by atoms with Crippen LogP contribution in [-0.2, 0) is 22.3 Å². The van der Waals surface area contributed by atoms with Crippen LogP contribution in [0.2, 0.25) is 0 Å². The van der Waals surface area contributed by atoms with Crippen molar-refractivity contribution in [2.75, 3.05) is 12.4 Å². The summed E-state index contributed by atoms with van der Waals surface area (Å²) in [6, 6.07) is 3.88. The topological polar surface area (TPSA) is 113 Å². The van der Waals surface area contributed by atoms with Gasteiger partial charge in [-0.15, -0.1) is 5.10 Å². The number of rotatable bonds is 7. The third-order valence-electron chi connectivity index (χ3n) is 3.82. The zero-order valence-corrected chi connectivity index (χ0v) is 16.0. The molecule has 0 bridgehead atoms. The number of halogens is 3. The molecule has 1 unspecified atom stereocenters. The van der Waals surface area contributed by atoms with Crippen LogP contribution in [0, 0.1) is 5.92 Å². The van der Waals surface area contributed by atoms with Gasteiger partial charge in [-0.3, -0.25) is 10.1 Å². The van der Waals surface area contributed by atoms with E-state index in [1.54, 1.807) is 0 Å². The van der Waals surface area contributed by atoms with Crippen LogP contribution in [-0.4, -0.2) is 50.7 Å². The summed E-state index contributed by atoms with van der Waals surface area (Å²) in [5.74, 6) is -0.0563. The lowest BCUT2D eigenvalue weighted by Crippen LogP contribution is -2.40. The summed E-state index contributed by atoms with van der Waals surface area (Å²) in [6.45, 7) is 3.81. The fraction of sp³-hybridized carbons (Fsp3) is 0.471. The Balaban J connectivity index is 2.01. The Bertz CT molecular complexity index is 809. The molecule has 2 aromatic rings. The summed E-state index contributed by atoms with van der Waals surface area (Å²) in [5, 5.41) is 15.4. The minimum atomic E-state index is -4.47. The second-order valence-corrected chi connectivity index (χ2v) is 6.77. The van der Waals surface area contributed by atoms with E-state index in [4.69, 9.17) is 4.74 Å². The molecular formula is C17H21F3N6O3. The van der Waals surface area contributed by atoms with Crippen LogP contribution in [0.25, 0.3) is 0 Å². The number of nitrogens with zero attached hydrogens (tertiary/aromatic N) is 4. The summed E-state index contributed by atoms with van der Waals surface area (Å²) in [5.41, 5.74) is -0.729. The van der Waals surface area contributed by atoms with Gasteiger partial charge in [-0.1, -0.05) is 13.8 Å². The molecule has 2 rings (SSSR count). The van der Waals surface area contributed by atoms with Gasteiger partial charge in [0.05, 0.1) is 12.1 Å². The SMILES string of the molecule is CC(C)CC(OC(=O)Nc1ccc(C(F)(F)F)cc1)C(=O)N(C)Cc1nnn[nH]1.